The molecule has 1 aromatic rings. The molecule has 0 aromatic carbocycles. The van der Waals surface area contributed by atoms with Gasteiger partial charge in [-0.1, -0.05) is 6.92 Å². The van der Waals surface area contributed by atoms with Crippen LogP contribution in [-0.4, -0.2) is 90.3 Å². The van der Waals surface area contributed by atoms with Gasteiger partial charge >= 0.3 is 0 Å². The number of likely N-dealkylation sites (tertiary alicyclic amines) is 1. The summed E-state index contributed by atoms with van der Waals surface area (Å²) in [6.07, 6.45) is 6.61. The van der Waals surface area contributed by atoms with Crippen LogP contribution in [0.5, 0.6) is 0 Å². The van der Waals surface area contributed by atoms with Crippen molar-refractivity contribution in [1.29, 1.82) is 0 Å². The van der Waals surface area contributed by atoms with Crippen molar-refractivity contribution in [3.63, 3.8) is 0 Å². The van der Waals surface area contributed by atoms with E-state index in [2.05, 4.69) is 66.3 Å². The quantitative estimate of drug-likeness (QED) is 0.559. The average molecular weight is 364 g/mol. The van der Waals surface area contributed by atoms with Gasteiger partial charge in [-0.3, -0.25) is 14.6 Å². The summed E-state index contributed by atoms with van der Waals surface area (Å²) in [4.78, 5) is 12.0. The van der Waals surface area contributed by atoms with Crippen molar-refractivity contribution < 1.29 is 0 Å². The van der Waals surface area contributed by atoms with Crippen molar-refractivity contribution in [1.82, 2.24) is 29.8 Å². The minimum Gasteiger partial charge on any atom is -0.357 e. The molecule has 0 bridgehead atoms. The maximum absolute atomic E-state index is 4.95. The third-order valence-electron chi connectivity index (χ3n) is 5.23. The number of nitrogens with zero attached hydrogens (tertiary/aromatic N) is 6. The van der Waals surface area contributed by atoms with Crippen molar-refractivity contribution >= 4 is 5.96 Å². The minimum atomic E-state index is 0.226. The largest absolute Gasteiger partial charge is 0.357 e. The first-order valence-electron chi connectivity index (χ1n) is 9.84. The highest BCUT2D eigenvalue weighted by Gasteiger charge is 2.25. The van der Waals surface area contributed by atoms with E-state index in [-0.39, 0.29) is 6.04 Å². The number of nitrogens with one attached hydrogen (secondary N) is 1. The predicted octanol–water partition coefficient (Wildman–Crippen LogP) is 1.40. The van der Waals surface area contributed by atoms with Gasteiger partial charge in [0.15, 0.2) is 5.96 Å². The molecule has 1 aliphatic heterocycles. The Labute approximate surface area is 159 Å². The van der Waals surface area contributed by atoms with Crippen molar-refractivity contribution in [3.05, 3.63) is 18.0 Å². The van der Waals surface area contributed by atoms with Crippen LogP contribution in [0, 0.1) is 0 Å². The van der Waals surface area contributed by atoms with Crippen LogP contribution in [0.1, 0.15) is 38.3 Å². The summed E-state index contributed by atoms with van der Waals surface area (Å²) in [5, 5.41) is 7.77. The molecule has 2 rings (SSSR count). The molecule has 2 unspecified atom stereocenters. The lowest BCUT2D eigenvalue weighted by Gasteiger charge is -2.30. The number of likely N-dealkylation sites (N-methyl/N-ethyl adjacent to an activating group) is 3. The molecule has 1 aromatic heterocycles. The fraction of sp³-hybridized carbons (Fsp3) is 0.789. The summed E-state index contributed by atoms with van der Waals surface area (Å²) in [6, 6.07) is 0.862. The van der Waals surface area contributed by atoms with Crippen LogP contribution in [0.25, 0.3) is 0 Å². The van der Waals surface area contributed by atoms with E-state index in [9.17, 15) is 0 Å². The Morgan fingerprint density at radius 2 is 2.15 bits per heavy atom. The number of aliphatic imine (C=N–C) groups is 1. The molecule has 2 heterocycles. The maximum atomic E-state index is 4.95. The van der Waals surface area contributed by atoms with Crippen LogP contribution in [0.3, 0.4) is 0 Å². The van der Waals surface area contributed by atoms with Gasteiger partial charge in [0.2, 0.25) is 0 Å². The van der Waals surface area contributed by atoms with Gasteiger partial charge in [0.05, 0.1) is 18.8 Å². The first-order valence-corrected chi connectivity index (χ1v) is 9.84. The SMILES string of the molecule is CCNC(=NCC(c1cnn(C)c1)N(C)C)N(C)CC1CCCN1CC. The number of hydrogen-bond donors (Lipinski definition) is 1. The van der Waals surface area contributed by atoms with Gasteiger partial charge < -0.3 is 15.1 Å². The second-order valence-corrected chi connectivity index (χ2v) is 7.43. The summed E-state index contributed by atoms with van der Waals surface area (Å²) < 4.78 is 1.85. The molecule has 1 saturated heterocycles. The molecule has 7 heteroatoms. The molecule has 2 atom stereocenters. The molecule has 7 nitrogen and oxygen atoms in total. The molecule has 0 saturated carbocycles. The first kappa shape index (κ1) is 20.7. The van der Waals surface area contributed by atoms with Crippen molar-refractivity contribution in [2.45, 2.75) is 38.8 Å². The lowest BCUT2D eigenvalue weighted by molar-refractivity contribution is 0.232. The summed E-state index contributed by atoms with van der Waals surface area (Å²) in [5.41, 5.74) is 1.20. The molecule has 0 spiro atoms. The fourth-order valence-corrected chi connectivity index (χ4v) is 3.74. The zero-order valence-electron chi connectivity index (χ0n) is 17.4. The maximum Gasteiger partial charge on any atom is 0.193 e. The monoisotopic (exact) mass is 363 g/mol. The molecule has 0 radical (unpaired) electrons. The second kappa shape index (κ2) is 9.92. The van der Waals surface area contributed by atoms with Gasteiger partial charge in [0.25, 0.3) is 0 Å². The summed E-state index contributed by atoms with van der Waals surface area (Å²) in [5.74, 6) is 0.992. The number of guanidine groups is 1. The van der Waals surface area contributed by atoms with E-state index in [1.165, 1.54) is 24.9 Å². The predicted molar refractivity (Wildman–Crippen MR) is 109 cm³/mol. The zero-order valence-corrected chi connectivity index (χ0v) is 17.4. The van der Waals surface area contributed by atoms with Crippen LogP contribution >= 0.6 is 0 Å². The number of aromatic nitrogens is 2. The van der Waals surface area contributed by atoms with E-state index in [0.717, 1.165) is 25.6 Å². The topological polar surface area (TPSA) is 51.9 Å². The van der Waals surface area contributed by atoms with Crippen molar-refractivity contribution in [2.75, 3.05) is 53.9 Å². The Morgan fingerprint density at radius 1 is 1.38 bits per heavy atom. The molecular weight excluding hydrogens is 326 g/mol. The van der Waals surface area contributed by atoms with E-state index >= 15 is 0 Å². The van der Waals surface area contributed by atoms with Gasteiger partial charge in [-0.05, 0) is 47.0 Å². The highest BCUT2D eigenvalue weighted by atomic mass is 15.3. The molecule has 1 fully saturated rings. The second-order valence-electron chi connectivity index (χ2n) is 7.43. The van der Waals surface area contributed by atoms with E-state index < -0.39 is 0 Å². The lowest BCUT2D eigenvalue weighted by atomic mass is 10.1. The van der Waals surface area contributed by atoms with Crippen LogP contribution in [-0.2, 0) is 7.05 Å². The molecule has 1 aliphatic rings. The molecule has 1 N–H and O–H groups in total. The third kappa shape index (κ3) is 5.45. The Kier molecular flexibility index (Phi) is 7.90. The highest BCUT2D eigenvalue weighted by molar-refractivity contribution is 5.79. The van der Waals surface area contributed by atoms with E-state index in [0.29, 0.717) is 12.6 Å². The lowest BCUT2D eigenvalue weighted by Crippen LogP contribution is -2.46. The summed E-state index contributed by atoms with van der Waals surface area (Å²) >= 11 is 0. The van der Waals surface area contributed by atoms with E-state index in [1.54, 1.807) is 0 Å². The van der Waals surface area contributed by atoms with Gasteiger partial charge in [0, 0.05) is 45.0 Å². The van der Waals surface area contributed by atoms with Crippen LogP contribution in [0.15, 0.2) is 17.4 Å². The van der Waals surface area contributed by atoms with E-state index in [4.69, 9.17) is 4.99 Å². The average Bonchev–Trinajstić information content (AvgIpc) is 3.22. The zero-order chi connectivity index (χ0) is 19.1. The highest BCUT2D eigenvalue weighted by Crippen LogP contribution is 2.19. The van der Waals surface area contributed by atoms with Crippen LogP contribution < -0.4 is 5.32 Å². The van der Waals surface area contributed by atoms with Crippen molar-refractivity contribution in [2.24, 2.45) is 12.0 Å². The normalized spacial score (nSPS) is 20.0. The summed E-state index contributed by atoms with van der Waals surface area (Å²) in [6.45, 7) is 9.37. The number of aryl methyl sites for hydroxylation is 1. The van der Waals surface area contributed by atoms with Gasteiger partial charge in [-0.2, -0.15) is 5.10 Å². The Hall–Kier alpha value is -1.60. The fourth-order valence-electron chi connectivity index (χ4n) is 3.74. The first-order chi connectivity index (χ1) is 12.5. The molecule has 26 heavy (non-hydrogen) atoms. The molecular formula is C19H37N7. The van der Waals surface area contributed by atoms with Gasteiger partial charge in [-0.15, -0.1) is 0 Å². The number of hydrogen-bond acceptors (Lipinski definition) is 4. The smallest absolute Gasteiger partial charge is 0.193 e. The van der Waals surface area contributed by atoms with E-state index in [1.807, 2.05) is 17.9 Å². The summed E-state index contributed by atoms with van der Waals surface area (Å²) in [7, 11) is 8.31. The molecule has 148 valence electrons. The minimum absolute atomic E-state index is 0.226. The molecule has 0 amide bonds. The Bertz CT molecular complexity index is 566. The number of rotatable bonds is 8. The van der Waals surface area contributed by atoms with Crippen molar-refractivity contribution in [3.8, 4) is 0 Å². The van der Waals surface area contributed by atoms with Gasteiger partial charge in [-0.25, -0.2) is 0 Å². The van der Waals surface area contributed by atoms with Crippen LogP contribution in [0.4, 0.5) is 0 Å². The Morgan fingerprint density at radius 3 is 2.73 bits per heavy atom. The Balaban J connectivity index is 2.06. The van der Waals surface area contributed by atoms with Gasteiger partial charge in [0.1, 0.15) is 0 Å². The van der Waals surface area contributed by atoms with Crippen LogP contribution in [0.2, 0.25) is 0 Å². The standard InChI is InChI=1S/C19H37N7/c1-7-20-19(24(5)15-17-10-9-11-26(17)8-2)21-13-18(23(3)4)16-12-22-25(6)14-16/h12,14,17-18H,7-11,13,15H2,1-6H3,(H,20,21). The molecule has 0 aliphatic carbocycles. The third-order valence-corrected chi connectivity index (χ3v) is 5.23.